The van der Waals surface area contributed by atoms with Crippen molar-refractivity contribution >= 4 is 17.5 Å². The third kappa shape index (κ3) is 3.23. The Labute approximate surface area is 94.2 Å². The van der Waals surface area contributed by atoms with Gasteiger partial charge in [-0.05, 0) is 20.3 Å². The van der Waals surface area contributed by atoms with E-state index in [9.17, 15) is 4.79 Å². The van der Waals surface area contributed by atoms with Gasteiger partial charge in [0.1, 0.15) is 11.3 Å². The molecule has 1 heterocycles. The summed E-state index contributed by atoms with van der Waals surface area (Å²) in [5, 5.41) is 3.64. The second-order valence-corrected chi connectivity index (χ2v) is 4.34. The summed E-state index contributed by atoms with van der Waals surface area (Å²) in [5.41, 5.74) is 0.514. The first-order valence-corrected chi connectivity index (χ1v) is 5.26. The summed E-state index contributed by atoms with van der Waals surface area (Å²) in [7, 11) is 1.74. The van der Waals surface area contributed by atoms with Crippen LogP contribution in [0.25, 0.3) is 0 Å². The molecule has 0 aliphatic carbocycles. The smallest absolute Gasteiger partial charge is 0.258 e. The highest BCUT2D eigenvalue weighted by Crippen LogP contribution is 2.10. The van der Waals surface area contributed by atoms with Crippen LogP contribution in [0.2, 0.25) is 0 Å². The fourth-order valence-corrected chi connectivity index (χ4v) is 1.28. The maximum atomic E-state index is 11.8. The summed E-state index contributed by atoms with van der Waals surface area (Å²) >= 11 is 5.81. The van der Waals surface area contributed by atoms with Gasteiger partial charge in [-0.25, -0.2) is 0 Å². The van der Waals surface area contributed by atoms with E-state index in [4.69, 9.17) is 16.1 Å². The van der Waals surface area contributed by atoms with Gasteiger partial charge in [-0.15, -0.1) is 11.6 Å². The number of carbonyl (C=O) groups excluding carboxylic acids is 1. The minimum Gasteiger partial charge on any atom is -0.361 e. The number of hydrogen-bond acceptors (Lipinski definition) is 3. The highest BCUT2D eigenvalue weighted by Gasteiger charge is 2.17. The number of carbonyl (C=O) groups is 1. The zero-order valence-corrected chi connectivity index (χ0v) is 9.91. The molecule has 0 bridgehead atoms. The summed E-state index contributed by atoms with van der Waals surface area (Å²) in [5.74, 6) is 0.469. The number of alkyl halides is 1. The molecule has 0 aromatic carbocycles. The monoisotopic (exact) mass is 230 g/mol. The van der Waals surface area contributed by atoms with Gasteiger partial charge in [-0.2, -0.15) is 0 Å². The molecule has 15 heavy (non-hydrogen) atoms. The zero-order valence-electron chi connectivity index (χ0n) is 9.16. The van der Waals surface area contributed by atoms with Crippen LogP contribution in [0.3, 0.4) is 0 Å². The Hall–Kier alpha value is -1.03. The van der Waals surface area contributed by atoms with Crippen LogP contribution in [0, 0.1) is 6.92 Å². The Kier molecular flexibility index (Phi) is 4.15. The van der Waals surface area contributed by atoms with Crippen molar-refractivity contribution in [3.63, 3.8) is 0 Å². The summed E-state index contributed by atoms with van der Waals surface area (Å²) in [6.45, 7) is 4.26. The predicted molar refractivity (Wildman–Crippen MR) is 58.1 cm³/mol. The zero-order chi connectivity index (χ0) is 11.4. The van der Waals surface area contributed by atoms with Gasteiger partial charge < -0.3 is 9.42 Å². The van der Waals surface area contributed by atoms with Crippen LogP contribution in [-0.2, 0) is 0 Å². The Morgan fingerprint density at radius 3 is 2.87 bits per heavy atom. The van der Waals surface area contributed by atoms with Gasteiger partial charge in [0.15, 0.2) is 0 Å². The maximum Gasteiger partial charge on any atom is 0.258 e. The van der Waals surface area contributed by atoms with Crippen LogP contribution < -0.4 is 0 Å². The van der Waals surface area contributed by atoms with E-state index in [0.717, 1.165) is 6.42 Å². The molecule has 0 aliphatic heterocycles. The van der Waals surface area contributed by atoms with E-state index in [1.807, 2.05) is 6.92 Å². The molecule has 1 atom stereocenters. The Bertz CT molecular complexity index is 336. The summed E-state index contributed by atoms with van der Waals surface area (Å²) < 4.78 is 4.84. The first-order valence-electron chi connectivity index (χ1n) is 4.83. The maximum absolute atomic E-state index is 11.8. The van der Waals surface area contributed by atoms with Crippen molar-refractivity contribution in [3.8, 4) is 0 Å². The van der Waals surface area contributed by atoms with E-state index in [1.54, 1.807) is 18.9 Å². The average molecular weight is 231 g/mol. The fourth-order valence-electron chi connectivity index (χ4n) is 1.18. The van der Waals surface area contributed by atoms with Gasteiger partial charge >= 0.3 is 0 Å². The normalized spacial score (nSPS) is 12.5. The quantitative estimate of drug-likeness (QED) is 0.744. The number of rotatable bonds is 4. The van der Waals surface area contributed by atoms with Crippen molar-refractivity contribution in [1.29, 1.82) is 0 Å². The molecule has 0 aliphatic rings. The van der Waals surface area contributed by atoms with Crippen LogP contribution >= 0.6 is 11.6 Å². The minimum absolute atomic E-state index is 0.0730. The number of hydrogen-bond donors (Lipinski definition) is 0. The average Bonchev–Trinajstić information content (AvgIpc) is 2.59. The molecule has 0 spiro atoms. The molecule has 0 radical (unpaired) electrons. The molecule has 1 aromatic heterocycles. The lowest BCUT2D eigenvalue weighted by atomic mass is 10.2. The van der Waals surface area contributed by atoms with Crippen molar-refractivity contribution in [2.75, 3.05) is 13.6 Å². The lowest BCUT2D eigenvalue weighted by Crippen LogP contribution is -2.28. The van der Waals surface area contributed by atoms with E-state index in [0.29, 0.717) is 17.9 Å². The van der Waals surface area contributed by atoms with Gasteiger partial charge in [0, 0.05) is 19.0 Å². The van der Waals surface area contributed by atoms with Gasteiger partial charge in [0.25, 0.3) is 5.91 Å². The first kappa shape index (κ1) is 12.0. The number of halogens is 1. The Balaban J connectivity index is 2.57. The molecule has 1 unspecified atom stereocenters. The molecule has 0 saturated carbocycles. The first-order chi connectivity index (χ1) is 7.02. The summed E-state index contributed by atoms with van der Waals surface area (Å²) in [6, 6.07) is 0. The molecular weight excluding hydrogens is 216 g/mol. The van der Waals surface area contributed by atoms with Crippen molar-refractivity contribution in [1.82, 2.24) is 10.1 Å². The molecule has 0 N–H and O–H groups in total. The molecule has 4 nitrogen and oxygen atoms in total. The lowest BCUT2D eigenvalue weighted by molar-refractivity contribution is 0.0792. The van der Waals surface area contributed by atoms with Crippen molar-refractivity contribution in [2.24, 2.45) is 0 Å². The van der Waals surface area contributed by atoms with Crippen LogP contribution in [0.1, 0.15) is 29.5 Å². The van der Waals surface area contributed by atoms with E-state index in [1.165, 1.54) is 6.20 Å². The number of nitrogens with zero attached hydrogens (tertiary/aromatic N) is 2. The van der Waals surface area contributed by atoms with Crippen LogP contribution in [0.5, 0.6) is 0 Å². The summed E-state index contributed by atoms with van der Waals surface area (Å²) in [4.78, 5) is 13.4. The highest BCUT2D eigenvalue weighted by molar-refractivity contribution is 6.20. The molecular formula is C10H15ClN2O2. The highest BCUT2D eigenvalue weighted by atomic mass is 35.5. The molecule has 84 valence electrons. The lowest BCUT2D eigenvalue weighted by Gasteiger charge is -2.16. The predicted octanol–water partition coefficient (Wildman–Crippen LogP) is 2.07. The Morgan fingerprint density at radius 1 is 1.73 bits per heavy atom. The number of amides is 1. The molecule has 0 fully saturated rings. The van der Waals surface area contributed by atoms with E-state index in [-0.39, 0.29) is 11.3 Å². The van der Waals surface area contributed by atoms with Gasteiger partial charge in [0.05, 0.1) is 6.20 Å². The molecule has 1 rings (SSSR count). The second kappa shape index (κ2) is 5.16. The van der Waals surface area contributed by atoms with E-state index in [2.05, 4.69) is 5.16 Å². The minimum atomic E-state index is -0.0777. The molecule has 1 aromatic rings. The summed E-state index contributed by atoms with van der Waals surface area (Å²) in [6.07, 6.45) is 2.21. The number of aromatic nitrogens is 1. The topological polar surface area (TPSA) is 46.3 Å². The molecule has 0 saturated heterocycles. The van der Waals surface area contributed by atoms with E-state index < -0.39 is 0 Å². The van der Waals surface area contributed by atoms with Crippen molar-refractivity contribution in [2.45, 2.75) is 25.6 Å². The van der Waals surface area contributed by atoms with Crippen LogP contribution in [-0.4, -0.2) is 34.9 Å². The third-order valence-electron chi connectivity index (χ3n) is 2.19. The number of aryl methyl sites for hydroxylation is 1. The fraction of sp³-hybridized carbons (Fsp3) is 0.600. The molecule has 1 amide bonds. The van der Waals surface area contributed by atoms with Crippen molar-refractivity contribution in [3.05, 3.63) is 17.5 Å². The van der Waals surface area contributed by atoms with Crippen molar-refractivity contribution < 1.29 is 9.32 Å². The largest absolute Gasteiger partial charge is 0.361 e. The van der Waals surface area contributed by atoms with Crippen LogP contribution in [0.4, 0.5) is 0 Å². The SMILES string of the molecule is Cc1oncc1C(=O)N(C)CCC(C)Cl. The van der Waals surface area contributed by atoms with E-state index >= 15 is 0 Å². The van der Waals surface area contributed by atoms with Gasteiger partial charge in [0.2, 0.25) is 0 Å². The van der Waals surface area contributed by atoms with Crippen LogP contribution in [0.15, 0.2) is 10.7 Å². The second-order valence-electron chi connectivity index (χ2n) is 3.59. The third-order valence-corrected chi connectivity index (χ3v) is 2.41. The Morgan fingerprint density at radius 2 is 2.40 bits per heavy atom. The van der Waals surface area contributed by atoms with Gasteiger partial charge in [-0.1, -0.05) is 5.16 Å². The van der Waals surface area contributed by atoms with Gasteiger partial charge in [-0.3, -0.25) is 4.79 Å². The standard InChI is InChI=1S/C10H15ClN2O2/c1-7(11)4-5-13(3)10(14)9-6-12-15-8(9)2/h6-7H,4-5H2,1-3H3. The molecule has 5 heteroatoms.